The zero-order chi connectivity index (χ0) is 18.3. The van der Waals surface area contributed by atoms with Gasteiger partial charge in [0.05, 0.1) is 11.3 Å². The molecule has 7 heteroatoms. The van der Waals surface area contributed by atoms with Crippen LogP contribution in [0.4, 0.5) is 4.39 Å². The number of fused-ring (bicyclic) bond motifs is 1. The number of benzene rings is 1. The number of halogens is 1. The zero-order valence-electron chi connectivity index (χ0n) is 14.7. The molecular weight excluding hydrogens is 353 g/mol. The van der Waals surface area contributed by atoms with Gasteiger partial charge in [0.1, 0.15) is 11.5 Å². The summed E-state index contributed by atoms with van der Waals surface area (Å²) < 4.78 is 20.9. The van der Waals surface area contributed by atoms with E-state index in [1.54, 1.807) is 28.1 Å². The van der Waals surface area contributed by atoms with E-state index in [2.05, 4.69) is 10.3 Å². The van der Waals surface area contributed by atoms with Crippen LogP contribution in [0.1, 0.15) is 37.2 Å². The number of hydrogen-bond donors (Lipinski definition) is 1. The van der Waals surface area contributed by atoms with Gasteiger partial charge in [-0.05, 0) is 38.8 Å². The molecular formula is C19H20FN3O2S. The number of aromatic nitrogens is 2. The van der Waals surface area contributed by atoms with Gasteiger partial charge in [-0.25, -0.2) is 9.37 Å². The lowest BCUT2D eigenvalue weighted by atomic mass is 9.94. The topological polar surface area (TPSA) is 55.6 Å². The molecule has 1 amide bonds. The van der Waals surface area contributed by atoms with Crippen LogP contribution in [0.5, 0.6) is 0 Å². The Bertz CT molecular complexity index is 963. The molecule has 1 saturated heterocycles. The van der Waals surface area contributed by atoms with Crippen molar-refractivity contribution in [1.29, 1.82) is 0 Å². The quantitative estimate of drug-likeness (QED) is 0.758. The summed E-state index contributed by atoms with van der Waals surface area (Å²) >= 11 is 1.40. The largest absolute Gasteiger partial charge is 0.375 e. The van der Waals surface area contributed by atoms with E-state index in [1.165, 1.54) is 23.5 Å². The molecule has 26 heavy (non-hydrogen) atoms. The summed E-state index contributed by atoms with van der Waals surface area (Å²) in [4.78, 5) is 18.0. The Labute approximate surface area is 154 Å². The average molecular weight is 373 g/mol. The number of amides is 1. The van der Waals surface area contributed by atoms with E-state index in [0.717, 1.165) is 12.8 Å². The van der Waals surface area contributed by atoms with E-state index < -0.39 is 0 Å². The summed E-state index contributed by atoms with van der Waals surface area (Å²) in [7, 11) is 0. The van der Waals surface area contributed by atoms with Crippen molar-refractivity contribution in [1.82, 2.24) is 14.7 Å². The Kier molecular flexibility index (Phi) is 4.28. The minimum atomic E-state index is -0.307. The molecule has 1 unspecified atom stereocenters. The molecule has 0 saturated carbocycles. The van der Waals surface area contributed by atoms with Crippen LogP contribution in [0.15, 0.2) is 35.8 Å². The summed E-state index contributed by atoms with van der Waals surface area (Å²) in [5.74, 6) is -0.430. The molecule has 0 radical (unpaired) electrons. The lowest BCUT2D eigenvalue weighted by molar-refractivity contribution is -0.0615. The number of carbonyl (C=O) groups is 1. The Morgan fingerprint density at radius 3 is 3.08 bits per heavy atom. The highest BCUT2D eigenvalue weighted by Gasteiger charge is 2.30. The number of hydrogen-bond acceptors (Lipinski definition) is 4. The van der Waals surface area contributed by atoms with Gasteiger partial charge >= 0.3 is 0 Å². The average Bonchev–Trinajstić information content (AvgIpc) is 3.14. The van der Waals surface area contributed by atoms with Crippen molar-refractivity contribution < 1.29 is 13.9 Å². The van der Waals surface area contributed by atoms with Crippen molar-refractivity contribution >= 4 is 22.2 Å². The first-order chi connectivity index (χ1) is 12.4. The van der Waals surface area contributed by atoms with Crippen molar-refractivity contribution in [2.45, 2.75) is 38.3 Å². The van der Waals surface area contributed by atoms with E-state index in [0.29, 0.717) is 28.5 Å². The van der Waals surface area contributed by atoms with E-state index >= 15 is 0 Å². The fraction of sp³-hybridized carbons (Fsp3) is 0.368. The number of imidazole rings is 1. The maximum atomic E-state index is 13.5. The Morgan fingerprint density at radius 2 is 2.31 bits per heavy atom. The first kappa shape index (κ1) is 17.2. The number of nitrogens with one attached hydrogen (secondary N) is 1. The zero-order valence-corrected chi connectivity index (χ0v) is 15.5. The standard InChI is InChI=1S/C19H20FN3O2S/c1-19(2)9-14(6-7-25-19)21-17(24)16-11-26-18-22-15(10-23(16)18)12-4-3-5-13(20)8-12/h3-5,8,10-11,14H,6-7,9H2,1-2H3,(H,21,24). The Balaban J connectivity index is 1.58. The molecule has 0 aliphatic carbocycles. The van der Waals surface area contributed by atoms with Crippen LogP contribution >= 0.6 is 11.3 Å². The summed E-state index contributed by atoms with van der Waals surface area (Å²) in [5.41, 5.74) is 1.67. The highest BCUT2D eigenvalue weighted by Crippen LogP contribution is 2.26. The molecule has 136 valence electrons. The molecule has 2 aromatic heterocycles. The fourth-order valence-corrected chi connectivity index (χ4v) is 4.20. The minimum absolute atomic E-state index is 0.0902. The third-order valence-electron chi connectivity index (χ3n) is 4.59. The van der Waals surface area contributed by atoms with Crippen LogP contribution in [-0.4, -0.2) is 33.5 Å². The second-order valence-corrected chi connectivity index (χ2v) is 8.02. The van der Waals surface area contributed by atoms with E-state index in [1.807, 2.05) is 13.8 Å². The van der Waals surface area contributed by atoms with Gasteiger partial charge in [0, 0.05) is 29.8 Å². The number of ether oxygens (including phenoxy) is 1. The Morgan fingerprint density at radius 1 is 1.46 bits per heavy atom. The van der Waals surface area contributed by atoms with E-state index in [9.17, 15) is 9.18 Å². The SMILES string of the molecule is CC1(C)CC(NC(=O)c2csc3nc(-c4cccc(F)c4)cn23)CCO1. The van der Waals surface area contributed by atoms with Gasteiger partial charge in [-0.2, -0.15) is 0 Å². The van der Waals surface area contributed by atoms with Gasteiger partial charge in [-0.15, -0.1) is 11.3 Å². The molecule has 1 aromatic carbocycles. The van der Waals surface area contributed by atoms with Crippen molar-refractivity contribution in [2.75, 3.05) is 6.61 Å². The van der Waals surface area contributed by atoms with E-state index in [4.69, 9.17) is 4.74 Å². The van der Waals surface area contributed by atoms with Crippen molar-refractivity contribution in [3.8, 4) is 11.3 Å². The van der Waals surface area contributed by atoms with Crippen LogP contribution in [0.2, 0.25) is 0 Å². The van der Waals surface area contributed by atoms with Gasteiger partial charge in [0.15, 0.2) is 4.96 Å². The van der Waals surface area contributed by atoms with Crippen molar-refractivity contribution in [3.05, 3.63) is 47.4 Å². The highest BCUT2D eigenvalue weighted by molar-refractivity contribution is 7.15. The number of rotatable bonds is 3. The molecule has 0 spiro atoms. The van der Waals surface area contributed by atoms with Crippen molar-refractivity contribution in [3.63, 3.8) is 0 Å². The minimum Gasteiger partial charge on any atom is -0.375 e. The van der Waals surface area contributed by atoms with Gasteiger partial charge in [-0.3, -0.25) is 9.20 Å². The molecule has 1 N–H and O–H groups in total. The van der Waals surface area contributed by atoms with Crippen LogP contribution in [0.3, 0.4) is 0 Å². The molecule has 3 heterocycles. The molecule has 1 aliphatic rings. The predicted octanol–water partition coefficient (Wildman–Crippen LogP) is 3.89. The van der Waals surface area contributed by atoms with Gasteiger partial charge in [-0.1, -0.05) is 12.1 Å². The number of thiazole rings is 1. The summed E-state index contributed by atoms with van der Waals surface area (Å²) in [6.45, 7) is 4.72. The monoisotopic (exact) mass is 373 g/mol. The maximum absolute atomic E-state index is 13.5. The fourth-order valence-electron chi connectivity index (χ4n) is 3.35. The first-order valence-corrected chi connectivity index (χ1v) is 9.47. The number of nitrogens with zero attached hydrogens (tertiary/aromatic N) is 2. The molecule has 0 bridgehead atoms. The molecule has 1 atom stereocenters. The third kappa shape index (κ3) is 3.37. The highest BCUT2D eigenvalue weighted by atomic mass is 32.1. The second-order valence-electron chi connectivity index (χ2n) is 7.18. The summed E-state index contributed by atoms with van der Waals surface area (Å²) in [6.07, 6.45) is 3.37. The Hall–Kier alpha value is -2.25. The first-order valence-electron chi connectivity index (χ1n) is 8.59. The third-order valence-corrected chi connectivity index (χ3v) is 5.43. The normalized spacial score (nSPS) is 19.6. The van der Waals surface area contributed by atoms with Gasteiger partial charge in [0.25, 0.3) is 5.91 Å². The molecule has 1 aliphatic heterocycles. The van der Waals surface area contributed by atoms with Gasteiger partial charge < -0.3 is 10.1 Å². The van der Waals surface area contributed by atoms with Crippen LogP contribution in [0.25, 0.3) is 16.2 Å². The second kappa shape index (κ2) is 6.48. The van der Waals surface area contributed by atoms with Gasteiger partial charge in [0.2, 0.25) is 0 Å². The number of carbonyl (C=O) groups excluding carboxylic acids is 1. The maximum Gasteiger partial charge on any atom is 0.269 e. The molecule has 5 nitrogen and oxygen atoms in total. The van der Waals surface area contributed by atoms with Crippen LogP contribution in [-0.2, 0) is 4.74 Å². The summed E-state index contributed by atoms with van der Waals surface area (Å²) in [6, 6.07) is 6.39. The van der Waals surface area contributed by atoms with Crippen LogP contribution < -0.4 is 5.32 Å². The van der Waals surface area contributed by atoms with Crippen LogP contribution in [0, 0.1) is 5.82 Å². The molecule has 3 aromatic rings. The lowest BCUT2D eigenvalue weighted by Crippen LogP contribution is -2.46. The summed E-state index contributed by atoms with van der Waals surface area (Å²) in [5, 5.41) is 4.91. The molecule has 4 rings (SSSR count). The van der Waals surface area contributed by atoms with E-state index in [-0.39, 0.29) is 23.4 Å². The predicted molar refractivity (Wildman–Crippen MR) is 99.0 cm³/mol. The molecule has 1 fully saturated rings. The lowest BCUT2D eigenvalue weighted by Gasteiger charge is -2.35. The smallest absolute Gasteiger partial charge is 0.269 e. The van der Waals surface area contributed by atoms with Crippen molar-refractivity contribution in [2.24, 2.45) is 0 Å².